The largest absolute Gasteiger partial charge is 0.306 e. The summed E-state index contributed by atoms with van der Waals surface area (Å²) in [6.45, 7) is 25.4. The van der Waals surface area contributed by atoms with Gasteiger partial charge in [0.2, 0.25) is 0 Å². The molecular weight excluding hydrogens is 398 g/mol. The van der Waals surface area contributed by atoms with Gasteiger partial charge in [0.25, 0.3) is 0 Å². The maximum Gasteiger partial charge on any atom is 0.00122 e. The summed E-state index contributed by atoms with van der Waals surface area (Å²) in [4.78, 5) is 2.69. The van der Waals surface area contributed by atoms with Gasteiger partial charge in [-0.25, -0.2) is 0 Å². The van der Waals surface area contributed by atoms with Gasteiger partial charge in [0, 0.05) is 13.1 Å². The van der Waals surface area contributed by atoms with Crippen LogP contribution in [-0.4, -0.2) is 25.0 Å². The minimum Gasteiger partial charge on any atom is -0.306 e. The maximum atomic E-state index is 2.69. The molecule has 1 nitrogen and oxygen atoms in total. The highest BCUT2D eigenvalue weighted by Crippen LogP contribution is 2.55. The standard InChI is InChI=1S/C32H63N/c1-11-25-21-29(24-33(10)23-25)32(14-4,15-5)28-20-19-26(30(6,7)12-2)17-16-18-27(22-28)31(8,9)13-3/h25-29H,11-24H2,1-10H3. The normalized spacial score (nSPS) is 31.6. The SMILES string of the molecule is CCC1CC(C(CC)(CC)C2CCC(C(C)(C)CC)CCCC(C(C)(C)CC)C2)CN(C)C1. The molecule has 0 aromatic heterocycles. The minimum absolute atomic E-state index is 0.473. The van der Waals surface area contributed by atoms with Crippen LogP contribution in [0.3, 0.4) is 0 Å². The topological polar surface area (TPSA) is 3.24 Å². The van der Waals surface area contributed by atoms with Crippen molar-refractivity contribution < 1.29 is 0 Å². The van der Waals surface area contributed by atoms with E-state index in [1.54, 1.807) is 0 Å². The smallest absolute Gasteiger partial charge is 0.00122 e. The average molecular weight is 462 g/mol. The Labute approximate surface area is 210 Å². The first kappa shape index (κ1) is 29.2. The summed E-state index contributed by atoms with van der Waals surface area (Å²) in [5, 5.41) is 0. The fourth-order valence-electron chi connectivity index (χ4n) is 8.22. The van der Waals surface area contributed by atoms with Crippen molar-refractivity contribution in [1.82, 2.24) is 4.90 Å². The third kappa shape index (κ3) is 6.80. The number of nitrogens with zero attached hydrogens (tertiary/aromatic N) is 1. The molecule has 1 aliphatic heterocycles. The summed E-state index contributed by atoms with van der Waals surface area (Å²) in [5.74, 6) is 4.46. The summed E-state index contributed by atoms with van der Waals surface area (Å²) in [5.41, 5.74) is 1.49. The molecule has 196 valence electrons. The molecule has 0 spiro atoms. The molecule has 1 saturated heterocycles. The molecule has 5 atom stereocenters. The van der Waals surface area contributed by atoms with Crippen LogP contribution in [0.25, 0.3) is 0 Å². The van der Waals surface area contributed by atoms with E-state index in [0.29, 0.717) is 16.2 Å². The molecular formula is C32H63N. The Bertz CT molecular complexity index is 557. The van der Waals surface area contributed by atoms with Crippen LogP contribution >= 0.6 is 0 Å². The minimum atomic E-state index is 0.473. The Kier molecular flexibility index (Phi) is 10.9. The summed E-state index contributed by atoms with van der Waals surface area (Å²) in [6, 6.07) is 0. The van der Waals surface area contributed by atoms with Crippen LogP contribution < -0.4 is 0 Å². The summed E-state index contributed by atoms with van der Waals surface area (Å²) >= 11 is 0. The number of hydrogen-bond donors (Lipinski definition) is 0. The summed E-state index contributed by atoms with van der Waals surface area (Å²) < 4.78 is 0. The zero-order valence-corrected chi connectivity index (χ0v) is 24.7. The van der Waals surface area contributed by atoms with Crippen LogP contribution in [0.5, 0.6) is 0 Å². The lowest BCUT2D eigenvalue weighted by atomic mass is 9.55. The zero-order valence-electron chi connectivity index (χ0n) is 24.7. The molecule has 0 amide bonds. The Balaban J connectivity index is 2.45. The number of rotatable bonds is 9. The lowest BCUT2D eigenvalue weighted by molar-refractivity contribution is -0.0286. The molecule has 2 aliphatic rings. The number of piperidine rings is 1. The van der Waals surface area contributed by atoms with E-state index in [4.69, 9.17) is 0 Å². The first-order valence-electron chi connectivity index (χ1n) is 15.2. The van der Waals surface area contributed by atoms with Gasteiger partial charge in [0.15, 0.2) is 0 Å². The molecule has 2 fully saturated rings. The van der Waals surface area contributed by atoms with Crippen LogP contribution in [0.4, 0.5) is 0 Å². The highest BCUT2D eigenvalue weighted by molar-refractivity contribution is 4.97. The lowest BCUT2D eigenvalue weighted by Gasteiger charge is -2.52. The van der Waals surface area contributed by atoms with Gasteiger partial charge in [0.1, 0.15) is 0 Å². The fraction of sp³-hybridized carbons (Fsp3) is 1.00. The molecule has 0 N–H and O–H groups in total. The van der Waals surface area contributed by atoms with Crippen molar-refractivity contribution in [3.05, 3.63) is 0 Å². The molecule has 1 heterocycles. The van der Waals surface area contributed by atoms with E-state index < -0.39 is 0 Å². The number of hydrogen-bond acceptors (Lipinski definition) is 1. The van der Waals surface area contributed by atoms with E-state index in [2.05, 4.69) is 74.3 Å². The number of likely N-dealkylation sites (tertiary alicyclic amines) is 1. The second-order valence-electron chi connectivity index (χ2n) is 13.9. The first-order chi connectivity index (χ1) is 15.5. The third-order valence-electron chi connectivity index (χ3n) is 11.8. The average Bonchev–Trinajstić information content (AvgIpc) is 2.91. The predicted octanol–water partition coefficient (Wildman–Crippen LogP) is 9.85. The van der Waals surface area contributed by atoms with Crippen LogP contribution in [0.1, 0.15) is 139 Å². The molecule has 2 rings (SSSR count). The van der Waals surface area contributed by atoms with E-state index in [1.165, 1.54) is 90.1 Å². The van der Waals surface area contributed by atoms with Gasteiger partial charge in [-0.2, -0.15) is 0 Å². The van der Waals surface area contributed by atoms with E-state index in [-0.39, 0.29) is 0 Å². The fourth-order valence-corrected chi connectivity index (χ4v) is 8.22. The van der Waals surface area contributed by atoms with Crippen molar-refractivity contribution in [2.45, 2.75) is 139 Å². The Morgan fingerprint density at radius 1 is 0.606 bits per heavy atom. The quantitative estimate of drug-likeness (QED) is 0.330. The van der Waals surface area contributed by atoms with E-state index in [1.807, 2.05) is 0 Å². The van der Waals surface area contributed by atoms with Crippen LogP contribution in [0.2, 0.25) is 0 Å². The monoisotopic (exact) mass is 461 g/mol. The highest BCUT2D eigenvalue weighted by atomic mass is 15.1. The van der Waals surface area contributed by atoms with Gasteiger partial charge in [0.05, 0.1) is 0 Å². The molecule has 0 aromatic carbocycles. The van der Waals surface area contributed by atoms with Crippen LogP contribution in [0, 0.1) is 45.8 Å². The maximum absolute atomic E-state index is 2.69. The van der Waals surface area contributed by atoms with Gasteiger partial charge in [-0.1, -0.05) is 88.0 Å². The second kappa shape index (κ2) is 12.3. The molecule has 0 bridgehead atoms. The van der Waals surface area contributed by atoms with Crippen molar-refractivity contribution in [1.29, 1.82) is 0 Å². The van der Waals surface area contributed by atoms with E-state index in [9.17, 15) is 0 Å². The molecule has 1 aliphatic carbocycles. The first-order valence-corrected chi connectivity index (χ1v) is 15.2. The second-order valence-corrected chi connectivity index (χ2v) is 13.9. The third-order valence-corrected chi connectivity index (χ3v) is 11.8. The molecule has 33 heavy (non-hydrogen) atoms. The zero-order chi connectivity index (χ0) is 24.9. The molecule has 0 aromatic rings. The van der Waals surface area contributed by atoms with Gasteiger partial charge in [-0.3, -0.25) is 0 Å². The lowest BCUT2D eigenvalue weighted by Crippen LogP contribution is -2.49. The van der Waals surface area contributed by atoms with Gasteiger partial charge < -0.3 is 4.90 Å². The van der Waals surface area contributed by atoms with E-state index >= 15 is 0 Å². The van der Waals surface area contributed by atoms with Gasteiger partial charge in [-0.05, 0) is 104 Å². The molecule has 5 unspecified atom stereocenters. The molecule has 1 heteroatoms. The van der Waals surface area contributed by atoms with Crippen LogP contribution in [-0.2, 0) is 0 Å². The van der Waals surface area contributed by atoms with Crippen LogP contribution in [0.15, 0.2) is 0 Å². The van der Waals surface area contributed by atoms with Crippen molar-refractivity contribution in [3.8, 4) is 0 Å². The predicted molar refractivity (Wildman–Crippen MR) is 149 cm³/mol. The van der Waals surface area contributed by atoms with E-state index in [0.717, 1.165) is 29.6 Å². The van der Waals surface area contributed by atoms with Crippen molar-refractivity contribution in [2.24, 2.45) is 45.8 Å². The molecule has 0 radical (unpaired) electrons. The van der Waals surface area contributed by atoms with Gasteiger partial charge in [-0.15, -0.1) is 0 Å². The van der Waals surface area contributed by atoms with Crippen molar-refractivity contribution >= 4 is 0 Å². The highest BCUT2D eigenvalue weighted by Gasteiger charge is 2.47. The van der Waals surface area contributed by atoms with Crippen molar-refractivity contribution in [2.75, 3.05) is 20.1 Å². The Morgan fingerprint density at radius 2 is 1.15 bits per heavy atom. The summed E-state index contributed by atoms with van der Waals surface area (Å²) in [7, 11) is 2.40. The van der Waals surface area contributed by atoms with Gasteiger partial charge >= 0.3 is 0 Å². The van der Waals surface area contributed by atoms with Crippen molar-refractivity contribution in [3.63, 3.8) is 0 Å². The summed E-state index contributed by atoms with van der Waals surface area (Å²) in [6.07, 6.45) is 17.0. The Morgan fingerprint density at radius 3 is 1.70 bits per heavy atom. The molecule has 1 saturated carbocycles. The Hall–Kier alpha value is -0.0400.